The van der Waals surface area contributed by atoms with E-state index in [2.05, 4.69) is 0 Å². The Labute approximate surface area is 102 Å². The van der Waals surface area contributed by atoms with E-state index in [9.17, 15) is 5.11 Å². The fourth-order valence-electron chi connectivity index (χ4n) is 1.34. The molecule has 1 unspecified atom stereocenters. The van der Waals surface area contributed by atoms with Crippen molar-refractivity contribution < 1.29 is 9.84 Å². The van der Waals surface area contributed by atoms with E-state index in [1.807, 2.05) is 39.0 Å². The molecule has 1 rings (SSSR count). The summed E-state index contributed by atoms with van der Waals surface area (Å²) in [6.07, 6.45) is 0.311. The summed E-state index contributed by atoms with van der Waals surface area (Å²) >= 11 is 5.99. The first-order chi connectivity index (χ1) is 7.50. The van der Waals surface area contributed by atoms with Gasteiger partial charge >= 0.3 is 0 Å². The topological polar surface area (TPSA) is 29.5 Å². The van der Waals surface area contributed by atoms with Crippen molar-refractivity contribution in [2.24, 2.45) is 5.92 Å². The van der Waals surface area contributed by atoms with E-state index in [1.54, 1.807) is 0 Å². The third-order valence-electron chi connectivity index (χ3n) is 2.53. The lowest BCUT2D eigenvalue weighted by atomic mass is 10.1. The van der Waals surface area contributed by atoms with E-state index in [4.69, 9.17) is 16.3 Å². The molecule has 0 saturated carbocycles. The van der Waals surface area contributed by atoms with Crippen molar-refractivity contribution in [3.05, 3.63) is 28.8 Å². The van der Waals surface area contributed by atoms with Gasteiger partial charge in [-0.25, -0.2) is 0 Å². The maximum atomic E-state index is 9.62. The van der Waals surface area contributed by atoms with E-state index in [0.717, 1.165) is 5.56 Å². The molecule has 0 amide bonds. The molecule has 0 saturated heterocycles. The molecule has 0 radical (unpaired) electrons. The molecule has 1 N–H and O–H groups in total. The molecule has 0 aromatic heterocycles. The highest BCUT2D eigenvalue weighted by molar-refractivity contribution is 6.32. The Morgan fingerprint density at radius 1 is 1.38 bits per heavy atom. The lowest BCUT2D eigenvalue weighted by Crippen LogP contribution is -2.18. The SMILES string of the molecule is Cc1ccc(Cl)c(OCCC(O)C(C)C)c1. The first-order valence-corrected chi connectivity index (χ1v) is 5.95. The predicted molar refractivity (Wildman–Crippen MR) is 67.1 cm³/mol. The van der Waals surface area contributed by atoms with Gasteiger partial charge in [-0.2, -0.15) is 0 Å². The summed E-state index contributed by atoms with van der Waals surface area (Å²) in [6, 6.07) is 5.67. The van der Waals surface area contributed by atoms with Crippen LogP contribution in [0.15, 0.2) is 18.2 Å². The number of aliphatic hydroxyl groups excluding tert-OH is 1. The average Bonchev–Trinajstić information content (AvgIpc) is 2.22. The minimum Gasteiger partial charge on any atom is -0.492 e. The number of rotatable bonds is 5. The highest BCUT2D eigenvalue weighted by atomic mass is 35.5. The molecular weight excluding hydrogens is 224 g/mol. The normalized spacial score (nSPS) is 12.9. The number of benzene rings is 1. The molecule has 1 aromatic rings. The van der Waals surface area contributed by atoms with E-state index in [0.29, 0.717) is 23.8 Å². The third kappa shape index (κ3) is 4.03. The van der Waals surface area contributed by atoms with Crippen LogP contribution in [-0.2, 0) is 0 Å². The maximum absolute atomic E-state index is 9.62. The van der Waals surface area contributed by atoms with E-state index >= 15 is 0 Å². The highest BCUT2D eigenvalue weighted by Crippen LogP contribution is 2.25. The zero-order valence-corrected chi connectivity index (χ0v) is 10.8. The fourth-order valence-corrected chi connectivity index (χ4v) is 1.52. The smallest absolute Gasteiger partial charge is 0.138 e. The van der Waals surface area contributed by atoms with Gasteiger partial charge in [-0.1, -0.05) is 31.5 Å². The zero-order valence-electron chi connectivity index (χ0n) is 10.0. The molecule has 2 nitrogen and oxygen atoms in total. The summed E-state index contributed by atoms with van der Waals surface area (Å²) < 4.78 is 5.55. The number of hydrogen-bond acceptors (Lipinski definition) is 2. The highest BCUT2D eigenvalue weighted by Gasteiger charge is 2.09. The van der Waals surface area contributed by atoms with Crippen LogP contribution >= 0.6 is 11.6 Å². The summed E-state index contributed by atoms with van der Waals surface area (Å²) in [7, 11) is 0. The van der Waals surface area contributed by atoms with Crippen LogP contribution in [0.3, 0.4) is 0 Å². The van der Waals surface area contributed by atoms with Crippen molar-refractivity contribution in [2.75, 3.05) is 6.61 Å². The average molecular weight is 243 g/mol. The molecule has 0 aliphatic rings. The van der Waals surface area contributed by atoms with Gasteiger partial charge in [0.15, 0.2) is 0 Å². The van der Waals surface area contributed by atoms with E-state index < -0.39 is 0 Å². The quantitative estimate of drug-likeness (QED) is 0.857. The van der Waals surface area contributed by atoms with Crippen molar-refractivity contribution >= 4 is 11.6 Å². The van der Waals surface area contributed by atoms with Gasteiger partial charge in [0.05, 0.1) is 17.7 Å². The number of ether oxygens (including phenoxy) is 1. The second kappa shape index (κ2) is 6.12. The Bertz CT molecular complexity index is 337. The lowest BCUT2D eigenvalue weighted by molar-refractivity contribution is 0.0976. The van der Waals surface area contributed by atoms with Gasteiger partial charge in [0.25, 0.3) is 0 Å². The van der Waals surface area contributed by atoms with Crippen molar-refractivity contribution in [3.63, 3.8) is 0 Å². The number of aliphatic hydroxyl groups is 1. The number of hydrogen-bond donors (Lipinski definition) is 1. The molecule has 16 heavy (non-hydrogen) atoms. The van der Waals surface area contributed by atoms with Gasteiger partial charge in [-0.05, 0) is 30.5 Å². The van der Waals surface area contributed by atoms with E-state index in [-0.39, 0.29) is 12.0 Å². The van der Waals surface area contributed by atoms with Gasteiger partial charge in [0, 0.05) is 6.42 Å². The van der Waals surface area contributed by atoms with Crippen LogP contribution in [0.1, 0.15) is 25.8 Å². The molecule has 0 fully saturated rings. The summed E-state index contributed by atoms with van der Waals surface area (Å²) in [4.78, 5) is 0. The Kier molecular flexibility index (Phi) is 5.10. The van der Waals surface area contributed by atoms with Crippen molar-refractivity contribution in [1.82, 2.24) is 0 Å². The molecule has 0 aliphatic carbocycles. The Balaban J connectivity index is 2.45. The summed E-state index contributed by atoms with van der Waals surface area (Å²) in [6.45, 7) is 6.46. The van der Waals surface area contributed by atoms with Crippen LogP contribution in [0.4, 0.5) is 0 Å². The standard InChI is InChI=1S/C13H19ClO2/c1-9(2)12(15)6-7-16-13-8-10(3)4-5-11(13)14/h4-5,8-9,12,15H,6-7H2,1-3H3. The van der Waals surface area contributed by atoms with Crippen LogP contribution in [0, 0.1) is 12.8 Å². The van der Waals surface area contributed by atoms with Crippen LogP contribution < -0.4 is 4.74 Å². The molecule has 0 aliphatic heterocycles. The fraction of sp³-hybridized carbons (Fsp3) is 0.538. The second-order valence-corrected chi connectivity index (χ2v) is 4.79. The number of aryl methyl sites for hydroxylation is 1. The van der Waals surface area contributed by atoms with E-state index in [1.165, 1.54) is 0 Å². The largest absolute Gasteiger partial charge is 0.492 e. The molecule has 0 heterocycles. The first-order valence-electron chi connectivity index (χ1n) is 5.57. The molecule has 90 valence electrons. The minimum atomic E-state index is -0.316. The maximum Gasteiger partial charge on any atom is 0.138 e. The Morgan fingerprint density at radius 2 is 2.06 bits per heavy atom. The van der Waals surface area contributed by atoms with Gasteiger partial charge in [-0.3, -0.25) is 0 Å². The van der Waals surface area contributed by atoms with Crippen molar-refractivity contribution in [3.8, 4) is 5.75 Å². The van der Waals surface area contributed by atoms with Crippen LogP contribution in [0.2, 0.25) is 5.02 Å². The molecule has 3 heteroatoms. The molecule has 1 aromatic carbocycles. The molecule has 1 atom stereocenters. The zero-order chi connectivity index (χ0) is 12.1. The van der Waals surface area contributed by atoms with Crippen LogP contribution in [-0.4, -0.2) is 17.8 Å². The van der Waals surface area contributed by atoms with Crippen LogP contribution in [0.25, 0.3) is 0 Å². The van der Waals surface area contributed by atoms with Gasteiger partial charge in [0.1, 0.15) is 5.75 Å². The second-order valence-electron chi connectivity index (χ2n) is 4.38. The third-order valence-corrected chi connectivity index (χ3v) is 2.84. The summed E-state index contributed by atoms with van der Waals surface area (Å²) in [5.74, 6) is 0.953. The van der Waals surface area contributed by atoms with Crippen molar-refractivity contribution in [1.29, 1.82) is 0 Å². The Morgan fingerprint density at radius 3 is 2.69 bits per heavy atom. The van der Waals surface area contributed by atoms with Gasteiger partial charge in [0.2, 0.25) is 0 Å². The molecule has 0 bridgehead atoms. The van der Waals surface area contributed by atoms with Gasteiger partial charge in [-0.15, -0.1) is 0 Å². The summed E-state index contributed by atoms with van der Waals surface area (Å²) in [5, 5.41) is 10.2. The lowest BCUT2D eigenvalue weighted by Gasteiger charge is -2.15. The van der Waals surface area contributed by atoms with Crippen LogP contribution in [0.5, 0.6) is 5.75 Å². The summed E-state index contributed by atoms with van der Waals surface area (Å²) in [5.41, 5.74) is 1.11. The molecule has 0 spiro atoms. The first kappa shape index (κ1) is 13.3. The Hall–Kier alpha value is -0.730. The molecular formula is C13H19ClO2. The minimum absolute atomic E-state index is 0.261. The van der Waals surface area contributed by atoms with Gasteiger partial charge < -0.3 is 9.84 Å². The number of halogens is 1. The monoisotopic (exact) mass is 242 g/mol. The van der Waals surface area contributed by atoms with Crippen molar-refractivity contribution in [2.45, 2.75) is 33.3 Å². The predicted octanol–water partition coefficient (Wildman–Crippen LogP) is 3.43.